The molecule has 0 unspecified atom stereocenters. The Labute approximate surface area is 219 Å². The number of esters is 1. The summed E-state index contributed by atoms with van der Waals surface area (Å²) in [4.78, 5) is 40.8. The lowest BCUT2D eigenvalue weighted by Crippen LogP contribution is -2.65. The number of carbonyl (C=O) groups is 3. The molecule has 4 rings (SSSR count). The van der Waals surface area contributed by atoms with Crippen LogP contribution in [0.2, 0.25) is 18.1 Å². The second-order valence-corrected chi connectivity index (χ2v) is 15.6. The molecular formula is C30H33NO5Si. The standard InChI is InChI=1S/C30H33NO5Si/c1-30(2,3)37(4,5)36-26-25(31(28(26)33)27(32)22-15-10-7-11-16-22)23-17-12-18-24(19-23)29(34)35-20-21-13-8-6-9-14-21/h6-19,25-26H,20H2,1-5H3/t25-,26+/m0/s1. The number of β-lactam (4-membered cyclic amide) rings is 1. The predicted octanol–water partition coefficient (Wildman–Crippen LogP) is 6.16. The molecule has 0 aliphatic carbocycles. The number of hydrogen-bond donors (Lipinski definition) is 0. The molecular weight excluding hydrogens is 482 g/mol. The van der Waals surface area contributed by atoms with E-state index in [1.54, 1.807) is 42.5 Å². The van der Waals surface area contributed by atoms with Gasteiger partial charge in [-0.2, -0.15) is 0 Å². The highest BCUT2D eigenvalue weighted by atomic mass is 28.4. The summed E-state index contributed by atoms with van der Waals surface area (Å²) in [7, 11) is -2.33. The van der Waals surface area contributed by atoms with Crippen molar-refractivity contribution in [1.29, 1.82) is 0 Å². The van der Waals surface area contributed by atoms with E-state index in [4.69, 9.17) is 9.16 Å². The maximum Gasteiger partial charge on any atom is 0.338 e. The van der Waals surface area contributed by atoms with Crippen molar-refractivity contribution in [3.05, 3.63) is 107 Å². The van der Waals surface area contributed by atoms with Gasteiger partial charge in [0.2, 0.25) is 0 Å². The van der Waals surface area contributed by atoms with Crippen molar-refractivity contribution in [2.45, 2.75) is 57.7 Å². The molecule has 37 heavy (non-hydrogen) atoms. The largest absolute Gasteiger partial charge is 0.457 e. The van der Waals surface area contributed by atoms with Crippen LogP contribution in [0.4, 0.5) is 0 Å². The number of benzene rings is 3. The van der Waals surface area contributed by atoms with Gasteiger partial charge in [-0.15, -0.1) is 0 Å². The van der Waals surface area contributed by atoms with Crippen LogP contribution in [0.15, 0.2) is 84.9 Å². The molecule has 1 saturated heterocycles. The number of hydrogen-bond acceptors (Lipinski definition) is 5. The van der Waals surface area contributed by atoms with Gasteiger partial charge >= 0.3 is 5.97 Å². The first-order chi connectivity index (χ1) is 17.5. The average molecular weight is 516 g/mol. The zero-order valence-corrected chi connectivity index (χ0v) is 22.9. The van der Waals surface area contributed by atoms with Crippen molar-refractivity contribution in [2.75, 3.05) is 0 Å². The number of carbonyl (C=O) groups excluding carboxylic acids is 3. The Bertz CT molecular complexity index is 1280. The summed E-state index contributed by atoms with van der Waals surface area (Å²) >= 11 is 0. The molecule has 0 spiro atoms. The highest BCUT2D eigenvalue weighted by Gasteiger charge is 2.55. The van der Waals surface area contributed by atoms with Gasteiger partial charge in [-0.1, -0.05) is 81.4 Å². The molecule has 6 nitrogen and oxygen atoms in total. The average Bonchev–Trinajstić information content (AvgIpc) is 2.89. The summed E-state index contributed by atoms with van der Waals surface area (Å²) in [6, 6.07) is 24.5. The first-order valence-corrected chi connectivity index (χ1v) is 15.3. The second-order valence-electron chi connectivity index (χ2n) is 10.8. The third kappa shape index (κ3) is 5.58. The molecule has 0 saturated carbocycles. The summed E-state index contributed by atoms with van der Waals surface area (Å²) in [5.41, 5.74) is 2.32. The second kappa shape index (κ2) is 10.4. The smallest absolute Gasteiger partial charge is 0.338 e. The van der Waals surface area contributed by atoms with E-state index in [2.05, 4.69) is 33.9 Å². The molecule has 1 heterocycles. The first-order valence-electron chi connectivity index (χ1n) is 12.4. The van der Waals surface area contributed by atoms with Gasteiger partial charge in [0.05, 0.1) is 11.6 Å². The van der Waals surface area contributed by atoms with E-state index < -0.39 is 26.4 Å². The molecule has 7 heteroatoms. The van der Waals surface area contributed by atoms with Gasteiger partial charge < -0.3 is 9.16 Å². The lowest BCUT2D eigenvalue weighted by atomic mass is 9.89. The molecule has 2 amide bonds. The monoisotopic (exact) mass is 515 g/mol. The zero-order chi connectivity index (χ0) is 26.8. The van der Waals surface area contributed by atoms with Gasteiger partial charge in [0.25, 0.3) is 11.8 Å². The molecule has 1 aliphatic rings. The maximum atomic E-state index is 13.4. The molecule has 3 aromatic rings. The molecule has 3 aromatic carbocycles. The summed E-state index contributed by atoms with van der Waals surface area (Å²) in [5, 5.41) is -0.120. The Hall–Kier alpha value is -3.55. The minimum Gasteiger partial charge on any atom is -0.457 e. The van der Waals surface area contributed by atoms with E-state index in [9.17, 15) is 14.4 Å². The van der Waals surface area contributed by atoms with Crippen LogP contribution in [0.5, 0.6) is 0 Å². The lowest BCUT2D eigenvalue weighted by Gasteiger charge is -2.50. The van der Waals surface area contributed by atoms with Crippen molar-refractivity contribution in [2.24, 2.45) is 0 Å². The molecule has 0 bridgehead atoms. The van der Waals surface area contributed by atoms with Gasteiger partial charge in [0.1, 0.15) is 6.61 Å². The fourth-order valence-electron chi connectivity index (χ4n) is 4.00. The van der Waals surface area contributed by atoms with Crippen LogP contribution in [0.3, 0.4) is 0 Å². The number of rotatable bonds is 7. The van der Waals surface area contributed by atoms with E-state index in [1.165, 1.54) is 4.90 Å². The van der Waals surface area contributed by atoms with Crippen LogP contribution in [-0.4, -0.2) is 37.1 Å². The van der Waals surface area contributed by atoms with E-state index in [-0.39, 0.29) is 23.5 Å². The van der Waals surface area contributed by atoms with Crippen LogP contribution >= 0.6 is 0 Å². The molecule has 0 radical (unpaired) electrons. The summed E-state index contributed by atoms with van der Waals surface area (Å²) < 4.78 is 12.0. The molecule has 1 aliphatic heterocycles. The minimum absolute atomic E-state index is 0.120. The number of likely N-dealkylation sites (tertiary alicyclic amines) is 1. The van der Waals surface area contributed by atoms with Gasteiger partial charge in [-0.25, -0.2) is 4.79 Å². The third-order valence-corrected chi connectivity index (χ3v) is 11.6. The highest BCUT2D eigenvalue weighted by Crippen LogP contribution is 2.44. The van der Waals surface area contributed by atoms with Crippen molar-refractivity contribution >= 4 is 26.1 Å². The van der Waals surface area contributed by atoms with Crippen molar-refractivity contribution in [3.63, 3.8) is 0 Å². The van der Waals surface area contributed by atoms with Crippen LogP contribution < -0.4 is 0 Å². The molecule has 0 aromatic heterocycles. The molecule has 1 fully saturated rings. The number of ether oxygens (including phenoxy) is 1. The van der Waals surface area contributed by atoms with E-state index in [1.807, 2.05) is 42.5 Å². The summed E-state index contributed by atoms with van der Waals surface area (Å²) in [6.07, 6.45) is -0.802. The summed E-state index contributed by atoms with van der Waals surface area (Å²) in [6.45, 7) is 10.6. The number of nitrogens with zero attached hydrogens (tertiary/aromatic N) is 1. The summed E-state index contributed by atoms with van der Waals surface area (Å²) in [5.74, 6) is -1.22. The van der Waals surface area contributed by atoms with Crippen LogP contribution in [0.25, 0.3) is 0 Å². The topological polar surface area (TPSA) is 72.9 Å². The van der Waals surface area contributed by atoms with Crippen molar-refractivity contribution < 1.29 is 23.5 Å². The SMILES string of the molecule is CC(C)(C)[Si](C)(C)O[C@H]1C(=O)N(C(=O)c2ccccc2)[C@H]1c1cccc(C(=O)OCc2ccccc2)c1. The zero-order valence-electron chi connectivity index (χ0n) is 21.9. The fraction of sp³-hybridized carbons (Fsp3) is 0.300. The minimum atomic E-state index is -2.33. The molecule has 192 valence electrons. The highest BCUT2D eigenvalue weighted by molar-refractivity contribution is 6.74. The van der Waals surface area contributed by atoms with E-state index in [0.717, 1.165) is 5.56 Å². The fourth-order valence-corrected chi connectivity index (χ4v) is 5.22. The maximum absolute atomic E-state index is 13.4. The van der Waals surface area contributed by atoms with Crippen LogP contribution in [0, 0.1) is 0 Å². The molecule has 2 atom stereocenters. The Kier molecular flexibility index (Phi) is 7.48. The third-order valence-electron chi connectivity index (χ3n) is 7.19. The van der Waals surface area contributed by atoms with E-state index >= 15 is 0 Å². The van der Waals surface area contributed by atoms with Crippen LogP contribution in [-0.2, 0) is 20.6 Å². The van der Waals surface area contributed by atoms with E-state index in [0.29, 0.717) is 16.7 Å². The van der Waals surface area contributed by atoms with Crippen LogP contribution in [0.1, 0.15) is 58.7 Å². The number of amides is 2. The Balaban J connectivity index is 1.63. The Morgan fingerprint density at radius 2 is 1.46 bits per heavy atom. The Morgan fingerprint density at radius 3 is 2.08 bits per heavy atom. The van der Waals surface area contributed by atoms with Crippen molar-refractivity contribution in [1.82, 2.24) is 4.90 Å². The quantitative estimate of drug-likeness (QED) is 0.163. The van der Waals surface area contributed by atoms with Gasteiger partial charge in [-0.3, -0.25) is 14.5 Å². The predicted molar refractivity (Wildman–Crippen MR) is 144 cm³/mol. The van der Waals surface area contributed by atoms with Crippen molar-refractivity contribution in [3.8, 4) is 0 Å². The van der Waals surface area contributed by atoms with Gasteiger partial charge in [0.15, 0.2) is 14.4 Å². The molecule has 0 N–H and O–H groups in total. The van der Waals surface area contributed by atoms with Gasteiger partial charge in [-0.05, 0) is 53.5 Å². The normalized spacial score (nSPS) is 17.8. The Morgan fingerprint density at radius 1 is 0.865 bits per heavy atom. The first kappa shape index (κ1) is 26.5. The number of imide groups is 1. The van der Waals surface area contributed by atoms with Gasteiger partial charge in [0, 0.05) is 5.56 Å². The lowest BCUT2D eigenvalue weighted by molar-refractivity contribution is -0.158.